The van der Waals surface area contributed by atoms with Crippen molar-refractivity contribution in [1.82, 2.24) is 10.2 Å². The molecule has 1 fully saturated rings. The Kier molecular flexibility index (Phi) is 5.70. The first-order valence-corrected chi connectivity index (χ1v) is 10.4. The first kappa shape index (κ1) is 18.2. The second-order valence-corrected chi connectivity index (χ2v) is 9.02. The third-order valence-electron chi connectivity index (χ3n) is 4.20. The summed E-state index contributed by atoms with van der Waals surface area (Å²) in [5, 5.41) is 2.93. The molecule has 1 aliphatic heterocycles. The zero-order valence-corrected chi connectivity index (χ0v) is 15.6. The number of thiophene rings is 1. The van der Waals surface area contributed by atoms with E-state index in [1.54, 1.807) is 6.92 Å². The second kappa shape index (κ2) is 7.19. The third kappa shape index (κ3) is 3.87. The van der Waals surface area contributed by atoms with Gasteiger partial charge in [-0.3, -0.25) is 9.69 Å². The van der Waals surface area contributed by atoms with Crippen LogP contribution in [0.1, 0.15) is 35.0 Å². The first-order chi connectivity index (χ1) is 10.8. The highest BCUT2D eigenvalue weighted by atomic mass is 32.2. The van der Waals surface area contributed by atoms with Gasteiger partial charge in [-0.2, -0.15) is 0 Å². The van der Waals surface area contributed by atoms with Gasteiger partial charge in [0.15, 0.2) is 9.84 Å². The van der Waals surface area contributed by atoms with E-state index in [1.807, 2.05) is 0 Å². The van der Waals surface area contributed by atoms with Crippen LogP contribution in [0.3, 0.4) is 0 Å². The van der Waals surface area contributed by atoms with Crippen molar-refractivity contribution in [3.63, 3.8) is 0 Å². The summed E-state index contributed by atoms with van der Waals surface area (Å²) < 4.78 is 29.1. The molecule has 0 bridgehead atoms. The minimum Gasteiger partial charge on any atom is -0.495 e. The van der Waals surface area contributed by atoms with Gasteiger partial charge >= 0.3 is 0 Å². The molecular formula is C15H24N2O4S2. The number of hydrogen-bond acceptors (Lipinski definition) is 6. The molecule has 0 radical (unpaired) electrons. The summed E-state index contributed by atoms with van der Waals surface area (Å²) in [6.45, 7) is 6.39. The fourth-order valence-corrected chi connectivity index (χ4v) is 5.49. The fraction of sp³-hybridized carbons (Fsp3) is 0.667. The van der Waals surface area contributed by atoms with Gasteiger partial charge in [-0.15, -0.1) is 11.3 Å². The topological polar surface area (TPSA) is 75.7 Å². The Balaban J connectivity index is 2.16. The van der Waals surface area contributed by atoms with Gasteiger partial charge in [0.25, 0.3) is 5.91 Å². The number of likely N-dealkylation sites (N-methyl/N-ethyl adjacent to an activating group) is 1. The van der Waals surface area contributed by atoms with Crippen LogP contribution < -0.4 is 10.1 Å². The van der Waals surface area contributed by atoms with Gasteiger partial charge in [0.2, 0.25) is 0 Å². The summed E-state index contributed by atoms with van der Waals surface area (Å²) in [5.41, 5.74) is 0.501. The Hall–Kier alpha value is -1.12. The Morgan fingerprint density at radius 2 is 2.17 bits per heavy atom. The maximum Gasteiger partial charge on any atom is 0.265 e. The Morgan fingerprint density at radius 1 is 1.48 bits per heavy atom. The molecular weight excluding hydrogens is 336 g/mol. The van der Waals surface area contributed by atoms with E-state index in [-0.39, 0.29) is 10.1 Å². The van der Waals surface area contributed by atoms with Gasteiger partial charge in [0.05, 0.1) is 7.11 Å². The third-order valence-corrected chi connectivity index (χ3v) is 7.40. The lowest BCUT2D eigenvalue weighted by Gasteiger charge is -2.22. The number of carbonyl (C=O) groups excluding carboxylic acids is 1. The van der Waals surface area contributed by atoms with E-state index >= 15 is 0 Å². The molecule has 1 saturated heterocycles. The number of ether oxygens (including phenoxy) is 1. The van der Waals surface area contributed by atoms with E-state index in [2.05, 4.69) is 17.1 Å². The van der Waals surface area contributed by atoms with E-state index in [1.165, 1.54) is 7.11 Å². The highest BCUT2D eigenvalue weighted by Crippen LogP contribution is 2.37. The predicted octanol–water partition coefficient (Wildman–Crippen LogP) is 1.68. The molecule has 1 aliphatic rings. The van der Waals surface area contributed by atoms with Crippen LogP contribution in [0.5, 0.6) is 5.75 Å². The second-order valence-electron chi connectivity index (χ2n) is 5.78. The normalized spacial score (nSPS) is 19.0. The largest absolute Gasteiger partial charge is 0.495 e. The molecule has 2 rings (SSSR count). The first-order valence-electron chi connectivity index (χ1n) is 7.69. The Labute approximate surface area is 141 Å². The highest BCUT2D eigenvalue weighted by Gasteiger charge is 2.28. The lowest BCUT2D eigenvalue weighted by Crippen LogP contribution is -2.39. The molecule has 130 valence electrons. The number of hydrogen-bond donors (Lipinski definition) is 1. The minimum absolute atomic E-state index is 0.190. The minimum atomic E-state index is -3.37. The summed E-state index contributed by atoms with van der Waals surface area (Å²) in [6, 6.07) is 0.352. The monoisotopic (exact) mass is 360 g/mol. The van der Waals surface area contributed by atoms with Crippen molar-refractivity contribution in [2.75, 3.05) is 33.0 Å². The van der Waals surface area contributed by atoms with Crippen LogP contribution in [0.4, 0.5) is 0 Å². The molecule has 0 aliphatic carbocycles. The number of amides is 1. The van der Waals surface area contributed by atoms with Crippen LogP contribution in [0, 0.1) is 6.92 Å². The molecule has 8 heteroatoms. The van der Waals surface area contributed by atoms with Crippen LogP contribution >= 0.6 is 11.3 Å². The molecule has 1 unspecified atom stereocenters. The van der Waals surface area contributed by atoms with Gasteiger partial charge < -0.3 is 10.1 Å². The average molecular weight is 361 g/mol. The number of nitrogens with one attached hydrogen (secondary N) is 1. The number of sulfone groups is 1. The summed E-state index contributed by atoms with van der Waals surface area (Å²) >= 11 is 0.976. The van der Waals surface area contributed by atoms with E-state index in [4.69, 9.17) is 4.74 Å². The van der Waals surface area contributed by atoms with Crippen LogP contribution in [-0.4, -0.2) is 58.3 Å². The molecule has 0 aromatic carbocycles. The predicted molar refractivity (Wildman–Crippen MR) is 91.3 cm³/mol. The Bertz CT molecular complexity index is 682. The molecule has 1 aromatic heterocycles. The summed E-state index contributed by atoms with van der Waals surface area (Å²) in [6.07, 6.45) is 3.36. The molecule has 0 saturated carbocycles. The molecule has 1 aromatic rings. The lowest BCUT2D eigenvalue weighted by atomic mass is 10.2. The molecule has 1 atom stereocenters. The summed E-state index contributed by atoms with van der Waals surface area (Å²) in [7, 11) is -1.92. The summed E-state index contributed by atoms with van der Waals surface area (Å²) in [5.74, 6) is 0.0829. The maximum absolute atomic E-state index is 12.5. The average Bonchev–Trinajstić information content (AvgIpc) is 3.07. The molecule has 1 N–H and O–H groups in total. The zero-order chi connectivity index (χ0) is 17.2. The van der Waals surface area contributed by atoms with E-state index in [9.17, 15) is 13.2 Å². The van der Waals surface area contributed by atoms with Crippen molar-refractivity contribution in [3.05, 3.63) is 10.4 Å². The Morgan fingerprint density at radius 3 is 2.74 bits per heavy atom. The van der Waals surface area contributed by atoms with Crippen LogP contribution in [-0.2, 0) is 9.84 Å². The molecule has 23 heavy (non-hydrogen) atoms. The molecule has 6 nitrogen and oxygen atoms in total. The van der Waals surface area contributed by atoms with Crippen molar-refractivity contribution in [1.29, 1.82) is 0 Å². The van der Waals surface area contributed by atoms with E-state index in [0.29, 0.717) is 28.8 Å². The number of likely N-dealkylation sites (tertiary alicyclic amines) is 1. The van der Waals surface area contributed by atoms with Gasteiger partial charge in [-0.05, 0) is 32.9 Å². The number of methoxy groups -OCH3 is 1. The zero-order valence-electron chi connectivity index (χ0n) is 14.0. The van der Waals surface area contributed by atoms with Gasteiger partial charge in [-0.1, -0.05) is 6.92 Å². The quantitative estimate of drug-likeness (QED) is 0.835. The standard InChI is InChI=1S/C15H24N2O4S2/c1-5-17-8-6-7-11(17)9-16-14(18)13-12(21-3)10(2)15(22-13)23(4,19)20/h11H,5-9H2,1-4H3,(H,16,18). The van der Waals surface area contributed by atoms with Gasteiger partial charge in [0.1, 0.15) is 14.8 Å². The van der Waals surface area contributed by atoms with Crippen molar-refractivity contribution in [2.24, 2.45) is 0 Å². The lowest BCUT2D eigenvalue weighted by molar-refractivity contribution is 0.0942. The number of rotatable bonds is 6. The maximum atomic E-state index is 12.5. The van der Waals surface area contributed by atoms with Crippen molar-refractivity contribution < 1.29 is 17.9 Å². The van der Waals surface area contributed by atoms with E-state index < -0.39 is 9.84 Å². The molecule has 0 spiro atoms. The van der Waals surface area contributed by atoms with Crippen LogP contribution in [0.15, 0.2) is 4.21 Å². The number of nitrogens with zero attached hydrogens (tertiary/aromatic N) is 1. The fourth-order valence-electron chi connectivity index (χ4n) is 3.06. The van der Waals surface area contributed by atoms with Crippen molar-refractivity contribution in [3.8, 4) is 5.75 Å². The van der Waals surface area contributed by atoms with Crippen molar-refractivity contribution in [2.45, 2.75) is 36.9 Å². The van der Waals surface area contributed by atoms with Gasteiger partial charge in [-0.25, -0.2) is 8.42 Å². The highest BCUT2D eigenvalue weighted by molar-refractivity contribution is 7.92. The molecule has 2 heterocycles. The smallest absolute Gasteiger partial charge is 0.265 e. The van der Waals surface area contributed by atoms with E-state index in [0.717, 1.165) is 43.5 Å². The SMILES string of the molecule is CCN1CCCC1CNC(=O)c1sc(S(C)(=O)=O)c(C)c1OC. The van der Waals surface area contributed by atoms with Gasteiger partial charge in [0, 0.05) is 24.4 Å². The van der Waals surface area contributed by atoms with Crippen LogP contribution in [0.2, 0.25) is 0 Å². The summed E-state index contributed by atoms with van der Waals surface area (Å²) in [4.78, 5) is 15.1. The van der Waals surface area contributed by atoms with Crippen LogP contribution in [0.25, 0.3) is 0 Å². The molecule has 1 amide bonds. The number of carbonyl (C=O) groups is 1. The van der Waals surface area contributed by atoms with Crippen molar-refractivity contribution >= 4 is 27.1 Å².